The molecule has 1 N–H and O–H groups in total. The second kappa shape index (κ2) is 8.20. The molecule has 0 radical (unpaired) electrons. The van der Waals surface area contributed by atoms with E-state index in [2.05, 4.69) is 41.8 Å². The summed E-state index contributed by atoms with van der Waals surface area (Å²) in [5, 5.41) is 3.34. The Morgan fingerprint density at radius 2 is 2.25 bits per heavy atom. The van der Waals surface area contributed by atoms with Gasteiger partial charge in [-0.1, -0.05) is 13.0 Å². The van der Waals surface area contributed by atoms with E-state index in [1.54, 1.807) is 0 Å². The van der Waals surface area contributed by atoms with Crippen LogP contribution in [0.5, 0.6) is 0 Å². The van der Waals surface area contributed by atoms with Gasteiger partial charge in [-0.2, -0.15) is 0 Å². The number of carbonyl (C=O) groups is 1. The van der Waals surface area contributed by atoms with Crippen molar-refractivity contribution >= 4 is 40.9 Å². The molecular weight excluding hydrogens is 387 g/mol. The highest BCUT2D eigenvalue weighted by molar-refractivity contribution is 14.1. The number of nitrogens with zero attached hydrogens (tertiary/aromatic N) is 1. The van der Waals surface area contributed by atoms with E-state index in [9.17, 15) is 4.79 Å². The first-order chi connectivity index (χ1) is 9.13. The van der Waals surface area contributed by atoms with Crippen LogP contribution in [0.2, 0.25) is 0 Å². The summed E-state index contributed by atoms with van der Waals surface area (Å²) in [5.74, 6) is 0.175. The molecule has 0 saturated carbocycles. The van der Waals surface area contributed by atoms with E-state index < -0.39 is 0 Å². The molecule has 2 rings (SSSR count). The summed E-state index contributed by atoms with van der Waals surface area (Å²) in [6, 6.07) is 6.34. The Balaban J connectivity index is 0.00000200. The predicted octanol–water partition coefficient (Wildman–Crippen LogP) is 3.24. The molecule has 1 aromatic rings. The number of amides is 1. The van der Waals surface area contributed by atoms with E-state index in [0.29, 0.717) is 6.04 Å². The summed E-state index contributed by atoms with van der Waals surface area (Å²) in [7, 11) is 0. The van der Waals surface area contributed by atoms with Gasteiger partial charge in [-0.25, -0.2) is 0 Å². The van der Waals surface area contributed by atoms with Gasteiger partial charge in [0.25, 0.3) is 5.91 Å². The van der Waals surface area contributed by atoms with Gasteiger partial charge in [0.15, 0.2) is 0 Å². The van der Waals surface area contributed by atoms with Gasteiger partial charge in [-0.05, 0) is 66.6 Å². The molecule has 112 valence electrons. The van der Waals surface area contributed by atoms with E-state index >= 15 is 0 Å². The van der Waals surface area contributed by atoms with Crippen LogP contribution in [0.4, 0.5) is 0 Å². The molecule has 0 aromatic heterocycles. The van der Waals surface area contributed by atoms with Gasteiger partial charge in [0.1, 0.15) is 0 Å². The topological polar surface area (TPSA) is 32.3 Å². The average molecular weight is 409 g/mol. The lowest BCUT2D eigenvalue weighted by molar-refractivity contribution is 0.0692. The quantitative estimate of drug-likeness (QED) is 0.776. The number of benzene rings is 1. The summed E-state index contributed by atoms with van der Waals surface area (Å²) in [6.45, 7) is 6.98. The second-order valence-corrected chi connectivity index (χ2v) is 6.27. The lowest BCUT2D eigenvalue weighted by Crippen LogP contribution is -2.42. The molecule has 1 atom stereocenters. The lowest BCUT2D eigenvalue weighted by Gasteiger charge is -2.28. The summed E-state index contributed by atoms with van der Waals surface area (Å²) in [4.78, 5) is 14.7. The molecule has 5 heteroatoms. The number of carbonyl (C=O) groups excluding carboxylic acids is 1. The minimum absolute atomic E-state index is 0. The molecule has 1 heterocycles. The van der Waals surface area contributed by atoms with Crippen LogP contribution < -0.4 is 5.32 Å². The first kappa shape index (κ1) is 17.7. The molecule has 1 aliphatic heterocycles. The molecule has 1 saturated heterocycles. The van der Waals surface area contributed by atoms with Crippen LogP contribution in [-0.2, 0) is 0 Å². The van der Waals surface area contributed by atoms with Crippen molar-refractivity contribution in [1.29, 1.82) is 0 Å². The molecular formula is C15H22ClIN2O. The zero-order valence-electron chi connectivity index (χ0n) is 12.0. The second-order valence-electron chi connectivity index (χ2n) is 5.11. The van der Waals surface area contributed by atoms with Gasteiger partial charge in [0, 0.05) is 28.3 Å². The van der Waals surface area contributed by atoms with Gasteiger partial charge in [-0.15, -0.1) is 12.4 Å². The molecule has 20 heavy (non-hydrogen) atoms. The third-order valence-electron chi connectivity index (χ3n) is 3.62. The monoisotopic (exact) mass is 408 g/mol. The van der Waals surface area contributed by atoms with Gasteiger partial charge in [0.2, 0.25) is 0 Å². The largest absolute Gasteiger partial charge is 0.334 e. The summed E-state index contributed by atoms with van der Waals surface area (Å²) >= 11 is 2.29. The number of aryl methyl sites for hydroxylation is 1. The van der Waals surface area contributed by atoms with Crippen LogP contribution in [0.15, 0.2) is 18.2 Å². The minimum Gasteiger partial charge on any atom is -0.334 e. The molecule has 1 amide bonds. The SMILES string of the molecule is CCCN(C(=O)c1ccc(C)c(I)c1)C1CCNC1.Cl. The molecule has 3 nitrogen and oxygen atoms in total. The summed E-state index contributed by atoms with van der Waals surface area (Å²) < 4.78 is 1.16. The zero-order chi connectivity index (χ0) is 13.8. The fourth-order valence-corrected chi connectivity index (χ4v) is 3.00. The molecule has 1 fully saturated rings. The third kappa shape index (κ3) is 4.09. The van der Waals surface area contributed by atoms with Gasteiger partial charge < -0.3 is 10.2 Å². The summed E-state index contributed by atoms with van der Waals surface area (Å²) in [6.07, 6.45) is 2.07. The molecule has 0 bridgehead atoms. The summed E-state index contributed by atoms with van der Waals surface area (Å²) in [5.41, 5.74) is 2.04. The number of hydrogen-bond donors (Lipinski definition) is 1. The number of nitrogens with one attached hydrogen (secondary N) is 1. The Bertz CT molecular complexity index is 461. The Hall–Kier alpha value is -0.330. The normalized spacial score (nSPS) is 17.6. The van der Waals surface area contributed by atoms with Crippen LogP contribution in [0.25, 0.3) is 0 Å². The van der Waals surface area contributed by atoms with Crippen LogP contribution in [0.3, 0.4) is 0 Å². The maximum atomic E-state index is 12.7. The van der Waals surface area contributed by atoms with Crippen LogP contribution >= 0.6 is 35.0 Å². The molecule has 0 spiro atoms. The van der Waals surface area contributed by atoms with E-state index in [1.807, 2.05) is 23.1 Å². The number of rotatable bonds is 4. The molecule has 1 unspecified atom stereocenters. The van der Waals surface area contributed by atoms with E-state index in [4.69, 9.17) is 0 Å². The highest BCUT2D eigenvalue weighted by Gasteiger charge is 2.26. The van der Waals surface area contributed by atoms with Crippen molar-refractivity contribution in [3.63, 3.8) is 0 Å². The van der Waals surface area contributed by atoms with Crippen molar-refractivity contribution in [3.8, 4) is 0 Å². The van der Waals surface area contributed by atoms with Crippen LogP contribution in [0, 0.1) is 10.5 Å². The maximum absolute atomic E-state index is 12.7. The smallest absolute Gasteiger partial charge is 0.254 e. The Labute approximate surface area is 141 Å². The minimum atomic E-state index is 0. The standard InChI is InChI=1S/C15H21IN2O.ClH/c1-3-8-18(13-6-7-17-10-13)15(19)12-5-4-11(2)14(16)9-12;/h4-5,9,13,17H,3,6-8,10H2,1-2H3;1H. The third-order valence-corrected chi connectivity index (χ3v) is 4.78. The van der Waals surface area contributed by atoms with Crippen molar-refractivity contribution in [1.82, 2.24) is 10.2 Å². The molecule has 1 aliphatic rings. The lowest BCUT2D eigenvalue weighted by atomic mass is 10.1. The number of hydrogen-bond acceptors (Lipinski definition) is 2. The molecule has 1 aromatic carbocycles. The van der Waals surface area contributed by atoms with Crippen molar-refractivity contribution in [2.45, 2.75) is 32.7 Å². The molecule has 0 aliphatic carbocycles. The van der Waals surface area contributed by atoms with E-state index in [1.165, 1.54) is 5.56 Å². The maximum Gasteiger partial charge on any atom is 0.254 e. The Morgan fingerprint density at radius 3 is 2.80 bits per heavy atom. The van der Waals surface area contributed by atoms with Gasteiger partial charge in [-0.3, -0.25) is 4.79 Å². The van der Waals surface area contributed by atoms with E-state index in [-0.39, 0.29) is 18.3 Å². The fourth-order valence-electron chi connectivity index (χ4n) is 2.49. The van der Waals surface area contributed by atoms with Crippen LogP contribution in [-0.4, -0.2) is 36.5 Å². The van der Waals surface area contributed by atoms with Crippen molar-refractivity contribution in [2.24, 2.45) is 0 Å². The zero-order valence-corrected chi connectivity index (χ0v) is 15.0. The highest BCUT2D eigenvalue weighted by Crippen LogP contribution is 2.18. The van der Waals surface area contributed by atoms with Crippen molar-refractivity contribution in [3.05, 3.63) is 32.9 Å². The first-order valence-corrected chi connectivity index (χ1v) is 7.99. The van der Waals surface area contributed by atoms with E-state index in [0.717, 1.165) is 41.6 Å². The van der Waals surface area contributed by atoms with Gasteiger partial charge in [0.05, 0.1) is 0 Å². The Kier molecular flexibility index (Phi) is 7.26. The van der Waals surface area contributed by atoms with Crippen molar-refractivity contribution < 1.29 is 4.79 Å². The predicted molar refractivity (Wildman–Crippen MR) is 93.7 cm³/mol. The van der Waals surface area contributed by atoms with Crippen LogP contribution in [0.1, 0.15) is 35.7 Å². The first-order valence-electron chi connectivity index (χ1n) is 6.91. The number of halogens is 2. The van der Waals surface area contributed by atoms with Gasteiger partial charge >= 0.3 is 0 Å². The average Bonchev–Trinajstić information content (AvgIpc) is 2.92. The Morgan fingerprint density at radius 1 is 1.50 bits per heavy atom. The highest BCUT2D eigenvalue weighted by atomic mass is 127. The van der Waals surface area contributed by atoms with Crippen molar-refractivity contribution in [2.75, 3.05) is 19.6 Å². The fraction of sp³-hybridized carbons (Fsp3) is 0.533.